The molecule has 36 heavy (non-hydrogen) atoms. The summed E-state index contributed by atoms with van der Waals surface area (Å²) < 4.78 is -0.843. The number of nitrogens with zero attached hydrogens (tertiary/aromatic N) is 1. The molecule has 8 heteroatoms. The number of aromatic hydroxyl groups is 1. The topological polar surface area (TPSA) is 138 Å². The lowest BCUT2D eigenvalue weighted by Gasteiger charge is -2.41. The van der Waals surface area contributed by atoms with Gasteiger partial charge < -0.3 is 21.1 Å². The molecule has 0 spiro atoms. The van der Waals surface area contributed by atoms with Gasteiger partial charge in [-0.15, -0.1) is 0 Å². The first-order valence-corrected chi connectivity index (χ1v) is 11.7. The molecule has 3 rings (SSSR count). The third-order valence-corrected chi connectivity index (χ3v) is 6.33. The van der Waals surface area contributed by atoms with E-state index in [1.165, 1.54) is 12.1 Å². The predicted octanol–water partition coefficient (Wildman–Crippen LogP) is 3.34. The van der Waals surface area contributed by atoms with Gasteiger partial charge in [0.15, 0.2) is 12.6 Å². The summed E-state index contributed by atoms with van der Waals surface area (Å²) in [5, 5.41) is 30.0. The Kier molecular flexibility index (Phi) is 8.94. The molecule has 0 unspecified atom stereocenters. The molecule has 2 atom stereocenters. The highest BCUT2D eigenvalue weighted by Gasteiger charge is 2.52. The Labute approximate surface area is 209 Å². The second kappa shape index (κ2) is 12.1. The van der Waals surface area contributed by atoms with Crippen LogP contribution < -0.4 is 5.73 Å². The fourth-order valence-corrected chi connectivity index (χ4v) is 4.67. The number of nitrogens with two attached hydrogens (primary N) is 1. The van der Waals surface area contributed by atoms with E-state index in [4.69, 9.17) is 5.73 Å². The Morgan fingerprint density at radius 3 is 1.78 bits per heavy atom. The Morgan fingerprint density at radius 2 is 1.33 bits per heavy atom. The van der Waals surface area contributed by atoms with Crippen LogP contribution in [0.5, 0.6) is 5.75 Å². The molecule has 3 aromatic rings. The molecule has 0 radical (unpaired) electrons. The molecule has 188 valence electrons. The minimum atomic E-state index is -1.35. The molecule has 0 saturated heterocycles. The molecule has 3 aromatic carbocycles. The summed E-state index contributed by atoms with van der Waals surface area (Å²) in [5.74, 6) is -3.99. The molecule has 0 heterocycles. The van der Waals surface area contributed by atoms with Crippen molar-refractivity contribution < 1.29 is 34.2 Å². The van der Waals surface area contributed by atoms with Gasteiger partial charge in [0.1, 0.15) is 18.2 Å². The number of aliphatic carboxylic acids is 2. The highest BCUT2D eigenvalue weighted by atomic mass is 16.4. The summed E-state index contributed by atoms with van der Waals surface area (Å²) in [6, 6.07) is 22.5. The normalized spacial score (nSPS) is 13.6. The van der Waals surface area contributed by atoms with Gasteiger partial charge in [0.25, 0.3) is 0 Å². The maximum absolute atomic E-state index is 14.6. The van der Waals surface area contributed by atoms with Gasteiger partial charge in [-0.25, -0.2) is 18.9 Å². The summed E-state index contributed by atoms with van der Waals surface area (Å²) in [4.78, 5) is 39.5. The number of amides is 1. The second-order valence-corrected chi connectivity index (χ2v) is 8.79. The molecule has 0 bridgehead atoms. The minimum Gasteiger partial charge on any atom is -0.508 e. The van der Waals surface area contributed by atoms with Crippen molar-refractivity contribution in [3.05, 3.63) is 102 Å². The molecule has 0 aliphatic carbocycles. The highest BCUT2D eigenvalue weighted by Crippen LogP contribution is 2.35. The first kappa shape index (κ1) is 26.6. The van der Waals surface area contributed by atoms with Gasteiger partial charge in [0, 0.05) is 12.0 Å². The van der Waals surface area contributed by atoms with Crippen LogP contribution in [0, 0.1) is 0 Å². The van der Waals surface area contributed by atoms with E-state index in [0.29, 0.717) is 23.1 Å². The quantitative estimate of drug-likeness (QED) is 0.285. The summed E-state index contributed by atoms with van der Waals surface area (Å²) in [7, 11) is 0. The third-order valence-electron chi connectivity index (χ3n) is 6.33. The van der Waals surface area contributed by atoms with Crippen LogP contribution in [0.4, 0.5) is 0 Å². The number of hydrogen-bond donors (Lipinski definition) is 4. The molecule has 0 aliphatic rings. The molecule has 0 fully saturated rings. The van der Waals surface area contributed by atoms with Gasteiger partial charge in [-0.05, 0) is 48.4 Å². The molecular formula is C28H31N2O6+. The largest absolute Gasteiger partial charge is 0.508 e. The third kappa shape index (κ3) is 6.16. The Balaban J connectivity index is 2.27. The van der Waals surface area contributed by atoms with Gasteiger partial charge in [0.05, 0.1) is 0 Å². The van der Waals surface area contributed by atoms with Gasteiger partial charge in [-0.1, -0.05) is 60.7 Å². The number of carbonyl (C=O) groups is 3. The lowest BCUT2D eigenvalue weighted by Crippen LogP contribution is -2.64. The van der Waals surface area contributed by atoms with E-state index in [1.807, 2.05) is 12.1 Å². The number of rotatable bonds is 12. The van der Waals surface area contributed by atoms with Gasteiger partial charge in [-0.3, -0.25) is 0 Å². The van der Waals surface area contributed by atoms with Crippen LogP contribution in [0.1, 0.15) is 35.4 Å². The zero-order valence-corrected chi connectivity index (χ0v) is 19.9. The summed E-state index contributed by atoms with van der Waals surface area (Å²) in [5.41, 5.74) is 7.48. The average molecular weight is 492 g/mol. The van der Waals surface area contributed by atoms with E-state index >= 15 is 0 Å². The Morgan fingerprint density at radius 1 is 0.806 bits per heavy atom. The van der Waals surface area contributed by atoms with Crippen molar-refractivity contribution in [1.82, 2.24) is 0 Å². The van der Waals surface area contributed by atoms with Crippen molar-refractivity contribution in [2.75, 3.05) is 13.1 Å². The monoisotopic (exact) mass is 491 g/mol. The maximum Gasteiger partial charge on any atom is 0.363 e. The number of phenolic OH excluding ortho intramolecular Hbond substituents is 1. The highest BCUT2D eigenvalue weighted by molar-refractivity contribution is 5.86. The molecule has 0 saturated carbocycles. The summed E-state index contributed by atoms with van der Waals surface area (Å²) in [6.45, 7) is -0.703. The van der Waals surface area contributed by atoms with Gasteiger partial charge >= 0.3 is 17.8 Å². The van der Waals surface area contributed by atoms with E-state index in [0.717, 1.165) is 0 Å². The fourth-order valence-electron chi connectivity index (χ4n) is 4.67. The molecular weight excluding hydrogens is 460 g/mol. The van der Waals surface area contributed by atoms with Crippen LogP contribution in [0.15, 0.2) is 84.9 Å². The number of carbonyl (C=O) groups excluding carboxylic acids is 1. The zero-order chi connectivity index (χ0) is 26.1. The lowest BCUT2D eigenvalue weighted by atomic mass is 9.87. The van der Waals surface area contributed by atoms with Crippen molar-refractivity contribution >= 4 is 17.8 Å². The standard InChI is InChI=1S/C28H30N2O6/c29-17-7-12-24(28(35)36)30(19-25(32)33,18-20-13-15-23(31)16-14-20)27(34)26(21-8-3-1-4-9-21)22-10-5-2-6-11-22/h1-6,8-11,13-16,24,26H,7,12,17-19,29H2,(H2-,31,32,33,35,36)/p+1/t24-,30+/m0/s1. The van der Waals surface area contributed by atoms with E-state index in [2.05, 4.69) is 0 Å². The number of quaternary nitrogens is 1. The SMILES string of the molecule is NCCC[C@@H](C(=O)O)[N@+](CC(=O)O)(Cc1ccc(O)cc1)C(=O)C(c1ccccc1)c1ccccc1. The Hall–Kier alpha value is -4.01. The van der Waals surface area contributed by atoms with E-state index in [1.54, 1.807) is 60.7 Å². The minimum absolute atomic E-state index is 0.00535. The van der Waals surface area contributed by atoms with Crippen molar-refractivity contribution in [3.63, 3.8) is 0 Å². The van der Waals surface area contributed by atoms with Crippen LogP contribution in [-0.2, 0) is 20.9 Å². The van der Waals surface area contributed by atoms with Gasteiger partial charge in [-0.2, -0.15) is 0 Å². The number of carboxylic acids is 2. The van der Waals surface area contributed by atoms with E-state index < -0.39 is 40.8 Å². The van der Waals surface area contributed by atoms with Crippen LogP contribution >= 0.6 is 0 Å². The van der Waals surface area contributed by atoms with Crippen LogP contribution in [-0.4, -0.2) is 56.8 Å². The molecule has 0 aromatic heterocycles. The summed E-state index contributed by atoms with van der Waals surface area (Å²) in [6.07, 6.45) is 0.333. The number of hydrogen-bond acceptors (Lipinski definition) is 5. The van der Waals surface area contributed by atoms with Crippen molar-refractivity contribution in [3.8, 4) is 5.75 Å². The average Bonchev–Trinajstić information content (AvgIpc) is 2.86. The predicted molar refractivity (Wildman–Crippen MR) is 134 cm³/mol. The lowest BCUT2D eigenvalue weighted by molar-refractivity contribution is -0.878. The molecule has 1 amide bonds. The Bertz CT molecular complexity index is 1130. The second-order valence-electron chi connectivity index (χ2n) is 8.79. The number of benzene rings is 3. The van der Waals surface area contributed by atoms with Crippen molar-refractivity contribution in [2.24, 2.45) is 5.73 Å². The number of phenols is 1. The zero-order valence-electron chi connectivity index (χ0n) is 19.9. The van der Waals surface area contributed by atoms with Gasteiger partial charge in [0.2, 0.25) is 0 Å². The van der Waals surface area contributed by atoms with Crippen LogP contribution in [0.3, 0.4) is 0 Å². The first-order chi connectivity index (χ1) is 17.3. The van der Waals surface area contributed by atoms with Crippen molar-refractivity contribution in [2.45, 2.75) is 31.3 Å². The van der Waals surface area contributed by atoms with E-state index in [9.17, 15) is 29.7 Å². The fraction of sp³-hybridized carbons (Fsp3) is 0.250. The van der Waals surface area contributed by atoms with E-state index in [-0.39, 0.29) is 25.3 Å². The molecule has 5 N–H and O–H groups in total. The molecule has 8 nitrogen and oxygen atoms in total. The summed E-state index contributed by atoms with van der Waals surface area (Å²) >= 11 is 0. The van der Waals surface area contributed by atoms with Crippen molar-refractivity contribution in [1.29, 1.82) is 0 Å². The first-order valence-electron chi connectivity index (χ1n) is 11.7. The molecule has 0 aliphatic heterocycles. The van der Waals surface area contributed by atoms with Crippen LogP contribution in [0.25, 0.3) is 0 Å². The maximum atomic E-state index is 14.6. The van der Waals surface area contributed by atoms with Crippen LogP contribution in [0.2, 0.25) is 0 Å². The number of carboxylic acid groups (broad SMARTS) is 2. The smallest absolute Gasteiger partial charge is 0.363 e.